The largest absolute Gasteiger partial charge is 0.396 e. The summed E-state index contributed by atoms with van der Waals surface area (Å²) in [4.78, 5) is 12.0. The number of aryl methyl sites for hydroxylation is 2. The first-order chi connectivity index (χ1) is 9.15. The lowest BCUT2D eigenvalue weighted by molar-refractivity contribution is -0.121. The second-order valence-corrected chi connectivity index (χ2v) is 4.60. The molecule has 2 N–H and O–H groups in total. The first-order valence-electron chi connectivity index (χ1n) is 7.02. The smallest absolute Gasteiger partial charge is 0.224 e. The lowest BCUT2D eigenvalue weighted by Crippen LogP contribution is -2.36. The fraction of sp³-hybridized carbons (Fsp3) is 0.714. The number of carbonyl (C=O) groups excluding carboxylic acids is 1. The predicted octanol–water partition coefficient (Wildman–Crippen LogP) is 1.62. The molecule has 19 heavy (non-hydrogen) atoms. The molecule has 0 aliphatic rings. The van der Waals surface area contributed by atoms with Crippen LogP contribution in [0.1, 0.15) is 50.6 Å². The van der Waals surface area contributed by atoms with Crippen molar-refractivity contribution in [2.24, 2.45) is 0 Å². The zero-order valence-electron chi connectivity index (χ0n) is 12.0. The van der Waals surface area contributed by atoms with Crippen LogP contribution in [0.15, 0.2) is 4.52 Å². The monoisotopic (exact) mass is 268 g/mol. The summed E-state index contributed by atoms with van der Waals surface area (Å²) in [5, 5.41) is 15.9. The van der Waals surface area contributed by atoms with Crippen molar-refractivity contribution < 1.29 is 14.4 Å². The van der Waals surface area contributed by atoms with Crippen molar-refractivity contribution in [1.29, 1.82) is 0 Å². The van der Waals surface area contributed by atoms with E-state index < -0.39 is 0 Å². The molecule has 1 aromatic rings. The molecule has 1 rings (SSSR count). The van der Waals surface area contributed by atoms with Gasteiger partial charge in [-0.25, -0.2) is 0 Å². The number of carbonyl (C=O) groups is 1. The number of aliphatic hydroxyl groups excluding tert-OH is 1. The van der Waals surface area contributed by atoms with E-state index in [9.17, 15) is 4.79 Å². The Morgan fingerprint density at radius 3 is 2.63 bits per heavy atom. The first kappa shape index (κ1) is 15.7. The molecule has 1 amide bonds. The fourth-order valence-corrected chi connectivity index (χ4v) is 2.11. The minimum absolute atomic E-state index is 0.0344. The van der Waals surface area contributed by atoms with Crippen LogP contribution in [0.25, 0.3) is 0 Å². The summed E-state index contributed by atoms with van der Waals surface area (Å²) in [5.74, 6) is 0.759. The molecule has 0 bridgehead atoms. The molecule has 108 valence electrons. The van der Waals surface area contributed by atoms with Gasteiger partial charge in [0.1, 0.15) is 5.76 Å². The molecular weight excluding hydrogens is 244 g/mol. The number of nitrogens with zero attached hydrogens (tertiary/aromatic N) is 1. The van der Waals surface area contributed by atoms with Crippen LogP contribution in [-0.4, -0.2) is 28.8 Å². The molecule has 1 atom stereocenters. The highest BCUT2D eigenvalue weighted by Gasteiger charge is 2.18. The van der Waals surface area contributed by atoms with E-state index in [1.807, 2.05) is 20.8 Å². The molecule has 5 heteroatoms. The fourth-order valence-electron chi connectivity index (χ4n) is 2.11. The minimum Gasteiger partial charge on any atom is -0.396 e. The lowest BCUT2D eigenvalue weighted by Gasteiger charge is -2.15. The molecule has 1 aromatic heterocycles. The minimum atomic E-state index is -0.0344. The standard InChI is InChI=1S/C14H24N2O3/c1-4-10(7-8-17)15-14(18)9-11-12(5-2)16-19-13(11)6-3/h10,17H,4-9H2,1-3H3,(H,15,18). The van der Waals surface area contributed by atoms with Crippen molar-refractivity contribution in [1.82, 2.24) is 10.5 Å². The maximum atomic E-state index is 12.0. The van der Waals surface area contributed by atoms with Gasteiger partial charge in [-0.1, -0.05) is 25.9 Å². The molecule has 0 saturated heterocycles. The van der Waals surface area contributed by atoms with E-state index in [1.165, 1.54) is 0 Å². The average Bonchev–Trinajstić information content (AvgIpc) is 2.80. The number of aliphatic hydroxyl groups is 1. The molecule has 0 saturated carbocycles. The van der Waals surface area contributed by atoms with Gasteiger partial charge in [0.15, 0.2) is 0 Å². The summed E-state index contributed by atoms with van der Waals surface area (Å²) in [5.41, 5.74) is 1.78. The number of rotatable bonds is 8. The molecule has 5 nitrogen and oxygen atoms in total. The topological polar surface area (TPSA) is 75.4 Å². The quantitative estimate of drug-likeness (QED) is 0.751. The SMILES string of the molecule is CCc1noc(CC)c1CC(=O)NC(CC)CCO. The summed E-state index contributed by atoms with van der Waals surface area (Å²) in [6.07, 6.45) is 3.21. The Kier molecular flexibility index (Phi) is 6.56. The van der Waals surface area contributed by atoms with Gasteiger partial charge in [0.05, 0.1) is 12.1 Å². The Balaban J connectivity index is 2.68. The molecule has 0 fully saturated rings. The van der Waals surface area contributed by atoms with Crippen molar-refractivity contribution >= 4 is 5.91 Å². The third-order valence-corrected chi connectivity index (χ3v) is 3.28. The molecular formula is C14H24N2O3. The highest BCUT2D eigenvalue weighted by Crippen LogP contribution is 2.16. The second-order valence-electron chi connectivity index (χ2n) is 4.60. The van der Waals surface area contributed by atoms with Crippen molar-refractivity contribution in [2.75, 3.05) is 6.61 Å². The number of amides is 1. The van der Waals surface area contributed by atoms with Gasteiger partial charge >= 0.3 is 0 Å². The van der Waals surface area contributed by atoms with Crippen LogP contribution in [0.2, 0.25) is 0 Å². The summed E-state index contributed by atoms with van der Waals surface area (Å²) >= 11 is 0. The van der Waals surface area contributed by atoms with E-state index >= 15 is 0 Å². The van der Waals surface area contributed by atoms with E-state index in [4.69, 9.17) is 9.63 Å². The number of hydrogen-bond acceptors (Lipinski definition) is 4. The van der Waals surface area contributed by atoms with Crippen LogP contribution < -0.4 is 5.32 Å². The van der Waals surface area contributed by atoms with Gasteiger partial charge in [0, 0.05) is 24.6 Å². The van der Waals surface area contributed by atoms with Gasteiger partial charge in [-0.15, -0.1) is 0 Å². The normalized spacial score (nSPS) is 12.4. The summed E-state index contributed by atoms with van der Waals surface area (Å²) < 4.78 is 5.25. The number of hydrogen-bond donors (Lipinski definition) is 2. The van der Waals surface area contributed by atoms with Crippen molar-refractivity contribution in [3.8, 4) is 0 Å². The molecule has 0 aromatic carbocycles. The Hall–Kier alpha value is -1.36. The average molecular weight is 268 g/mol. The van der Waals surface area contributed by atoms with Crippen LogP contribution >= 0.6 is 0 Å². The van der Waals surface area contributed by atoms with Gasteiger partial charge in [0.2, 0.25) is 5.91 Å². The van der Waals surface area contributed by atoms with Gasteiger partial charge in [0.25, 0.3) is 0 Å². The molecule has 1 heterocycles. The third-order valence-electron chi connectivity index (χ3n) is 3.28. The summed E-state index contributed by atoms with van der Waals surface area (Å²) in [6.45, 7) is 6.07. The van der Waals surface area contributed by atoms with E-state index in [0.717, 1.165) is 36.3 Å². The van der Waals surface area contributed by atoms with E-state index in [-0.39, 0.29) is 18.6 Å². The Morgan fingerprint density at radius 1 is 1.37 bits per heavy atom. The molecule has 0 aliphatic heterocycles. The van der Waals surface area contributed by atoms with Gasteiger partial charge in [-0.3, -0.25) is 4.79 Å². The second kappa shape index (κ2) is 7.94. The van der Waals surface area contributed by atoms with Crippen LogP contribution in [0.5, 0.6) is 0 Å². The van der Waals surface area contributed by atoms with E-state index in [2.05, 4.69) is 10.5 Å². The van der Waals surface area contributed by atoms with Crippen molar-refractivity contribution in [3.05, 3.63) is 17.0 Å². The van der Waals surface area contributed by atoms with Gasteiger partial charge in [-0.2, -0.15) is 0 Å². The molecule has 0 radical (unpaired) electrons. The molecule has 0 aliphatic carbocycles. The van der Waals surface area contributed by atoms with Crippen LogP contribution in [0, 0.1) is 0 Å². The van der Waals surface area contributed by atoms with Crippen LogP contribution in [0.4, 0.5) is 0 Å². The number of aromatic nitrogens is 1. The van der Waals surface area contributed by atoms with Gasteiger partial charge in [-0.05, 0) is 19.3 Å². The van der Waals surface area contributed by atoms with E-state index in [0.29, 0.717) is 12.8 Å². The Bertz CT molecular complexity index is 380. The number of nitrogens with one attached hydrogen (secondary N) is 1. The van der Waals surface area contributed by atoms with Crippen molar-refractivity contribution in [3.63, 3.8) is 0 Å². The maximum Gasteiger partial charge on any atom is 0.224 e. The lowest BCUT2D eigenvalue weighted by atomic mass is 10.1. The molecule has 0 spiro atoms. The Labute approximate surface area is 114 Å². The van der Waals surface area contributed by atoms with Crippen LogP contribution in [-0.2, 0) is 24.1 Å². The third kappa shape index (κ3) is 4.35. The Morgan fingerprint density at radius 2 is 2.11 bits per heavy atom. The zero-order chi connectivity index (χ0) is 14.3. The summed E-state index contributed by atoms with van der Waals surface area (Å²) in [6, 6.07) is 0.0347. The first-order valence-corrected chi connectivity index (χ1v) is 7.02. The summed E-state index contributed by atoms with van der Waals surface area (Å²) in [7, 11) is 0. The zero-order valence-corrected chi connectivity index (χ0v) is 12.0. The predicted molar refractivity (Wildman–Crippen MR) is 72.9 cm³/mol. The van der Waals surface area contributed by atoms with Crippen molar-refractivity contribution in [2.45, 2.75) is 58.9 Å². The highest BCUT2D eigenvalue weighted by atomic mass is 16.5. The van der Waals surface area contributed by atoms with Gasteiger partial charge < -0.3 is 14.9 Å². The maximum absolute atomic E-state index is 12.0. The van der Waals surface area contributed by atoms with Crippen LogP contribution in [0.3, 0.4) is 0 Å². The molecule has 1 unspecified atom stereocenters. The highest BCUT2D eigenvalue weighted by molar-refractivity contribution is 5.79. The van der Waals surface area contributed by atoms with E-state index in [1.54, 1.807) is 0 Å².